The molecule has 9 heteroatoms. The fraction of sp³-hybridized carbons (Fsp3) is 0.391. The van der Waals surface area contributed by atoms with Gasteiger partial charge in [-0.25, -0.2) is 14.5 Å². The van der Waals surface area contributed by atoms with E-state index in [2.05, 4.69) is 26.4 Å². The number of nitrogens with one attached hydrogen (secondary N) is 1. The summed E-state index contributed by atoms with van der Waals surface area (Å²) in [5, 5.41) is 8.83. The molecule has 7 rings (SSSR count). The van der Waals surface area contributed by atoms with Gasteiger partial charge in [-0.1, -0.05) is 0 Å². The van der Waals surface area contributed by atoms with Crippen molar-refractivity contribution < 1.29 is 9.53 Å². The number of thiophene rings is 1. The lowest BCUT2D eigenvalue weighted by Gasteiger charge is -2.55. The van der Waals surface area contributed by atoms with Crippen LogP contribution in [0.2, 0.25) is 0 Å². The maximum atomic E-state index is 13.1. The van der Waals surface area contributed by atoms with Crippen molar-refractivity contribution in [2.75, 3.05) is 25.0 Å². The molecule has 0 bridgehead atoms. The summed E-state index contributed by atoms with van der Waals surface area (Å²) >= 11 is 1.70. The molecule has 1 amide bonds. The Hall–Kier alpha value is -3.04. The topological polar surface area (TPSA) is 84.7 Å². The lowest BCUT2D eigenvalue weighted by atomic mass is 9.82. The summed E-state index contributed by atoms with van der Waals surface area (Å²) < 4.78 is 7.52. The van der Waals surface area contributed by atoms with Gasteiger partial charge in [-0.05, 0) is 43.0 Å². The third-order valence-corrected chi connectivity index (χ3v) is 8.25. The van der Waals surface area contributed by atoms with Crippen molar-refractivity contribution in [1.82, 2.24) is 24.5 Å². The summed E-state index contributed by atoms with van der Waals surface area (Å²) in [5.41, 5.74) is 3.27. The van der Waals surface area contributed by atoms with Crippen LogP contribution in [0.25, 0.3) is 15.7 Å². The summed E-state index contributed by atoms with van der Waals surface area (Å²) in [6.45, 7) is 2.37. The Bertz CT molecular complexity index is 1370. The molecular formula is C23H22N6O2S. The van der Waals surface area contributed by atoms with E-state index in [1.807, 2.05) is 27.7 Å². The Balaban J connectivity index is 1.16. The number of pyridine rings is 1. The number of fused-ring (bicyclic) bond motifs is 4. The lowest BCUT2D eigenvalue weighted by Crippen LogP contribution is -2.70. The van der Waals surface area contributed by atoms with Crippen LogP contribution in [0.4, 0.5) is 11.5 Å². The Morgan fingerprint density at radius 2 is 2.19 bits per heavy atom. The maximum Gasteiger partial charge on any atom is 0.226 e. The number of rotatable bonds is 3. The summed E-state index contributed by atoms with van der Waals surface area (Å²) in [7, 11) is 0. The Morgan fingerprint density at radius 3 is 3.03 bits per heavy atom. The zero-order chi connectivity index (χ0) is 21.3. The van der Waals surface area contributed by atoms with Crippen LogP contribution < -0.4 is 5.32 Å². The average molecular weight is 447 g/mol. The highest BCUT2D eigenvalue weighted by Gasteiger charge is 2.51. The zero-order valence-electron chi connectivity index (χ0n) is 17.5. The van der Waals surface area contributed by atoms with Crippen molar-refractivity contribution in [2.45, 2.75) is 31.3 Å². The van der Waals surface area contributed by atoms with Gasteiger partial charge in [-0.15, -0.1) is 11.3 Å². The smallest absolute Gasteiger partial charge is 0.226 e. The van der Waals surface area contributed by atoms with Crippen molar-refractivity contribution >= 4 is 44.5 Å². The normalized spacial score (nSPS) is 21.4. The number of amides is 1. The molecule has 1 N–H and O–H groups in total. The second-order valence-corrected chi connectivity index (χ2v) is 10.1. The minimum Gasteiger partial charge on any atom is -0.371 e. The van der Waals surface area contributed by atoms with Crippen LogP contribution in [0.3, 0.4) is 0 Å². The van der Waals surface area contributed by atoms with Crippen molar-refractivity contribution in [3.8, 4) is 0 Å². The van der Waals surface area contributed by atoms with E-state index in [4.69, 9.17) is 4.74 Å². The number of anilines is 2. The number of nitrogens with zero attached hydrogens (tertiary/aromatic N) is 5. The van der Waals surface area contributed by atoms with Gasteiger partial charge in [-0.2, -0.15) is 5.10 Å². The minimum absolute atomic E-state index is 0.0107. The van der Waals surface area contributed by atoms with E-state index in [-0.39, 0.29) is 17.4 Å². The first-order valence-corrected chi connectivity index (χ1v) is 11.9. The highest BCUT2D eigenvalue weighted by Crippen LogP contribution is 2.42. The molecular weight excluding hydrogens is 424 g/mol. The number of aromatic nitrogens is 4. The standard InChI is InChI=1S/C23H22N6O2S/c30-22(28-11-23(12-28)5-8-31-23)14-1-2-17-18(9-14)32-21-19(17)20(24-13-25-21)27-15-4-7-29-16(10-15)3-6-26-29/h3-4,6-7,10,13-14H,1-2,5,8-9,11-12H2,(H,24,25,27)/t14-/m0/s1. The van der Waals surface area contributed by atoms with Crippen molar-refractivity contribution in [3.63, 3.8) is 0 Å². The van der Waals surface area contributed by atoms with E-state index in [1.54, 1.807) is 23.9 Å². The van der Waals surface area contributed by atoms with E-state index in [9.17, 15) is 4.79 Å². The molecule has 0 radical (unpaired) electrons. The third-order valence-electron chi connectivity index (χ3n) is 7.09. The van der Waals surface area contributed by atoms with Gasteiger partial charge in [0.1, 0.15) is 22.6 Å². The Kier molecular flexibility index (Phi) is 3.89. The lowest BCUT2D eigenvalue weighted by molar-refractivity contribution is -0.223. The van der Waals surface area contributed by atoms with Gasteiger partial charge >= 0.3 is 0 Å². The molecule has 0 saturated carbocycles. The second kappa shape index (κ2) is 6.73. The van der Waals surface area contributed by atoms with Gasteiger partial charge < -0.3 is 15.0 Å². The van der Waals surface area contributed by atoms with Crippen LogP contribution in [0.1, 0.15) is 23.3 Å². The first-order valence-electron chi connectivity index (χ1n) is 11.1. The average Bonchev–Trinajstić information content (AvgIpc) is 3.35. The first-order chi connectivity index (χ1) is 15.7. The maximum absolute atomic E-state index is 13.1. The first kappa shape index (κ1) is 18.5. The van der Waals surface area contributed by atoms with Gasteiger partial charge in [-0.3, -0.25) is 4.79 Å². The number of ether oxygens (including phenoxy) is 1. The fourth-order valence-electron chi connectivity index (χ4n) is 5.26. The van der Waals surface area contributed by atoms with E-state index in [0.29, 0.717) is 0 Å². The van der Waals surface area contributed by atoms with Crippen LogP contribution in [0.5, 0.6) is 0 Å². The highest BCUT2D eigenvalue weighted by atomic mass is 32.1. The Labute approximate surface area is 188 Å². The zero-order valence-corrected chi connectivity index (χ0v) is 18.3. The summed E-state index contributed by atoms with van der Waals surface area (Å²) in [6.07, 6.45) is 8.97. The Morgan fingerprint density at radius 1 is 1.28 bits per heavy atom. The molecule has 1 spiro atoms. The number of carbonyl (C=O) groups is 1. The number of aryl methyl sites for hydroxylation is 1. The molecule has 0 unspecified atom stereocenters. The SMILES string of the molecule is O=C([C@H]1CCc2c(sc3ncnc(Nc4ccn5nccc5c4)c23)C1)N1CC2(CCO2)C1. The van der Waals surface area contributed by atoms with E-state index < -0.39 is 0 Å². The number of hydrogen-bond acceptors (Lipinski definition) is 7. The molecule has 4 aromatic rings. The molecule has 2 fully saturated rings. The monoisotopic (exact) mass is 446 g/mol. The molecule has 2 saturated heterocycles. The molecule has 3 aliphatic rings. The molecule has 162 valence electrons. The summed E-state index contributed by atoms with van der Waals surface area (Å²) in [4.78, 5) is 26.4. The predicted octanol–water partition coefficient (Wildman–Crippen LogP) is 3.19. The number of hydrogen-bond donors (Lipinski definition) is 1. The van der Waals surface area contributed by atoms with Gasteiger partial charge in [0.05, 0.1) is 30.6 Å². The molecule has 6 heterocycles. The largest absolute Gasteiger partial charge is 0.371 e. The van der Waals surface area contributed by atoms with Crippen LogP contribution in [0, 0.1) is 5.92 Å². The van der Waals surface area contributed by atoms with Crippen LogP contribution >= 0.6 is 11.3 Å². The van der Waals surface area contributed by atoms with Crippen LogP contribution in [0.15, 0.2) is 36.9 Å². The third kappa shape index (κ3) is 2.77. The molecule has 8 nitrogen and oxygen atoms in total. The number of likely N-dealkylation sites (tertiary alicyclic amines) is 1. The fourth-order valence-corrected chi connectivity index (χ4v) is 6.52. The molecule has 1 aliphatic carbocycles. The second-order valence-electron chi connectivity index (χ2n) is 9.06. The summed E-state index contributed by atoms with van der Waals surface area (Å²) in [5.74, 6) is 1.17. The molecule has 2 aliphatic heterocycles. The van der Waals surface area contributed by atoms with Gasteiger partial charge in [0.25, 0.3) is 0 Å². The van der Waals surface area contributed by atoms with Crippen molar-refractivity contribution in [3.05, 3.63) is 47.4 Å². The van der Waals surface area contributed by atoms with Crippen LogP contribution in [-0.4, -0.2) is 55.7 Å². The predicted molar refractivity (Wildman–Crippen MR) is 121 cm³/mol. The van der Waals surface area contributed by atoms with E-state index in [1.165, 1.54) is 10.4 Å². The van der Waals surface area contributed by atoms with Crippen molar-refractivity contribution in [1.29, 1.82) is 0 Å². The van der Waals surface area contributed by atoms with Crippen LogP contribution in [-0.2, 0) is 22.4 Å². The number of carbonyl (C=O) groups excluding carboxylic acids is 1. The highest BCUT2D eigenvalue weighted by molar-refractivity contribution is 7.19. The quantitative estimate of drug-likeness (QED) is 0.520. The molecule has 4 aromatic heterocycles. The molecule has 1 atom stereocenters. The van der Waals surface area contributed by atoms with Gasteiger partial charge in [0.2, 0.25) is 5.91 Å². The molecule has 0 aromatic carbocycles. The minimum atomic E-state index is -0.0107. The van der Waals surface area contributed by atoms with Crippen molar-refractivity contribution in [2.24, 2.45) is 5.92 Å². The molecule has 32 heavy (non-hydrogen) atoms. The van der Waals surface area contributed by atoms with Gasteiger partial charge in [0.15, 0.2) is 0 Å². The van der Waals surface area contributed by atoms with E-state index in [0.717, 1.165) is 72.6 Å². The summed E-state index contributed by atoms with van der Waals surface area (Å²) in [6, 6.07) is 6.02. The van der Waals surface area contributed by atoms with E-state index >= 15 is 0 Å². The van der Waals surface area contributed by atoms with Gasteiger partial charge in [0, 0.05) is 35.3 Å².